The molecule has 6 nitrogen and oxygen atoms in total. The second kappa shape index (κ2) is 10.3. The molecule has 0 N–H and O–H groups in total. The maximum Gasteiger partial charge on any atom is 0.295 e. The van der Waals surface area contributed by atoms with Gasteiger partial charge in [-0.1, -0.05) is 48.7 Å². The minimum absolute atomic E-state index is 0.0339. The van der Waals surface area contributed by atoms with Gasteiger partial charge in [0.15, 0.2) is 16.9 Å². The van der Waals surface area contributed by atoms with Gasteiger partial charge in [-0.05, 0) is 68.3 Å². The topological polar surface area (TPSA) is 69.0 Å². The molecule has 0 spiro atoms. The molecule has 37 heavy (non-hydrogen) atoms. The molecule has 7 heteroatoms. The molecule has 0 aliphatic carbocycles. The zero-order valence-electron chi connectivity index (χ0n) is 21.0. The van der Waals surface area contributed by atoms with Gasteiger partial charge in [0.1, 0.15) is 5.58 Å². The van der Waals surface area contributed by atoms with E-state index in [0.717, 1.165) is 18.4 Å². The number of aryl methyl sites for hydroxylation is 1. The van der Waals surface area contributed by atoms with Gasteiger partial charge in [0.25, 0.3) is 5.91 Å². The number of anilines is 1. The number of nitrogens with zero attached hydrogens (tertiary/aromatic N) is 1. The van der Waals surface area contributed by atoms with Gasteiger partial charge < -0.3 is 13.9 Å². The number of rotatable bonds is 8. The molecule has 1 atom stereocenters. The molecule has 4 aromatic rings. The minimum atomic E-state index is -0.714. The van der Waals surface area contributed by atoms with Crippen molar-refractivity contribution in [3.05, 3.63) is 98.4 Å². The van der Waals surface area contributed by atoms with Gasteiger partial charge in [0, 0.05) is 10.7 Å². The molecule has 1 aromatic heterocycles. The van der Waals surface area contributed by atoms with Crippen LogP contribution in [0.1, 0.15) is 60.0 Å². The van der Waals surface area contributed by atoms with Crippen LogP contribution in [0.5, 0.6) is 11.5 Å². The fraction of sp³-hybridized carbons (Fsp3) is 0.267. The Morgan fingerprint density at radius 3 is 2.46 bits per heavy atom. The maximum absolute atomic E-state index is 13.8. The number of hydrogen-bond donors (Lipinski definition) is 0. The summed E-state index contributed by atoms with van der Waals surface area (Å²) in [5.74, 6) is 0.850. The number of amides is 1. The number of benzene rings is 3. The van der Waals surface area contributed by atoms with Crippen LogP contribution in [0.2, 0.25) is 5.02 Å². The third-order valence-electron chi connectivity index (χ3n) is 6.48. The highest BCUT2D eigenvalue weighted by atomic mass is 35.5. The molecular weight excluding hydrogens is 490 g/mol. The van der Waals surface area contributed by atoms with Crippen LogP contribution in [-0.2, 0) is 0 Å². The molecule has 0 bridgehead atoms. The molecule has 1 aliphatic heterocycles. The molecule has 0 saturated heterocycles. The zero-order chi connectivity index (χ0) is 26.1. The van der Waals surface area contributed by atoms with Crippen LogP contribution in [0, 0.1) is 6.92 Å². The number of halogens is 1. The summed E-state index contributed by atoms with van der Waals surface area (Å²) < 4.78 is 17.9. The molecule has 5 rings (SSSR count). The first-order valence-electron chi connectivity index (χ1n) is 12.5. The standard InChI is InChI=1S/C30H28ClNO5/c1-4-6-15-36-24-13-9-19(16-25(24)35-5-2)27-26-28(33)22-17-20(31)10-14-23(22)37-29(26)30(34)32(27)21-11-7-18(3)8-12-21/h7-14,16-17,27H,4-6,15H2,1-3H3. The second-order valence-electron chi connectivity index (χ2n) is 9.07. The monoisotopic (exact) mass is 517 g/mol. The van der Waals surface area contributed by atoms with Crippen molar-refractivity contribution in [2.75, 3.05) is 18.1 Å². The van der Waals surface area contributed by atoms with Gasteiger partial charge >= 0.3 is 0 Å². The average Bonchev–Trinajstić information content (AvgIpc) is 3.18. The van der Waals surface area contributed by atoms with Crippen molar-refractivity contribution in [2.45, 2.75) is 39.7 Å². The number of carbonyl (C=O) groups excluding carboxylic acids is 1. The highest BCUT2D eigenvalue weighted by Gasteiger charge is 2.44. The van der Waals surface area contributed by atoms with Gasteiger partial charge in [-0.2, -0.15) is 0 Å². The van der Waals surface area contributed by atoms with Gasteiger partial charge in [0.05, 0.1) is 30.2 Å². The van der Waals surface area contributed by atoms with E-state index in [1.54, 1.807) is 23.1 Å². The maximum atomic E-state index is 13.8. The molecule has 0 saturated carbocycles. The first kappa shape index (κ1) is 24.9. The first-order chi connectivity index (χ1) is 17.9. The molecule has 1 aliphatic rings. The van der Waals surface area contributed by atoms with Crippen LogP contribution in [0.3, 0.4) is 0 Å². The van der Waals surface area contributed by atoms with Gasteiger partial charge in [0.2, 0.25) is 5.76 Å². The third-order valence-corrected chi connectivity index (χ3v) is 6.72. The van der Waals surface area contributed by atoms with E-state index in [4.69, 9.17) is 25.5 Å². The summed E-state index contributed by atoms with van der Waals surface area (Å²) in [5, 5.41) is 0.752. The lowest BCUT2D eigenvalue weighted by atomic mass is 9.97. The van der Waals surface area contributed by atoms with Crippen molar-refractivity contribution < 1.29 is 18.7 Å². The minimum Gasteiger partial charge on any atom is -0.490 e. The molecule has 1 amide bonds. The number of fused-ring (bicyclic) bond motifs is 2. The first-order valence-corrected chi connectivity index (χ1v) is 12.9. The van der Waals surface area contributed by atoms with Crippen molar-refractivity contribution in [1.29, 1.82) is 0 Å². The van der Waals surface area contributed by atoms with E-state index in [2.05, 4.69) is 6.92 Å². The lowest BCUT2D eigenvalue weighted by Crippen LogP contribution is -2.29. The Kier molecular flexibility index (Phi) is 6.94. The molecule has 3 aromatic carbocycles. The van der Waals surface area contributed by atoms with Crippen molar-refractivity contribution >= 4 is 34.2 Å². The highest BCUT2D eigenvalue weighted by Crippen LogP contribution is 2.43. The SMILES string of the molecule is CCCCOc1ccc(C2c3c(oc4ccc(Cl)cc4c3=O)C(=O)N2c2ccc(C)cc2)cc1OCC. The van der Waals surface area contributed by atoms with Gasteiger partial charge in [-0.3, -0.25) is 14.5 Å². The number of unbranched alkanes of at least 4 members (excludes halogenated alkanes) is 1. The summed E-state index contributed by atoms with van der Waals surface area (Å²) in [7, 11) is 0. The van der Waals surface area contributed by atoms with Crippen LogP contribution >= 0.6 is 11.6 Å². The Bertz CT molecular complexity index is 1530. The Morgan fingerprint density at radius 2 is 1.73 bits per heavy atom. The fourth-order valence-corrected chi connectivity index (χ4v) is 4.81. The normalized spacial score (nSPS) is 14.8. The Balaban J connectivity index is 1.71. The van der Waals surface area contributed by atoms with E-state index in [9.17, 15) is 9.59 Å². The molecule has 0 fully saturated rings. The summed E-state index contributed by atoms with van der Waals surface area (Å²) in [6.45, 7) is 7.01. The summed E-state index contributed by atoms with van der Waals surface area (Å²) in [6.07, 6.45) is 1.94. The van der Waals surface area contributed by atoms with E-state index < -0.39 is 6.04 Å². The molecule has 190 valence electrons. The zero-order valence-corrected chi connectivity index (χ0v) is 21.8. The third kappa shape index (κ3) is 4.58. The molecular formula is C30H28ClNO5. The molecule has 1 unspecified atom stereocenters. The molecule has 2 heterocycles. The van der Waals surface area contributed by atoms with Crippen molar-refractivity contribution in [3.8, 4) is 11.5 Å². The van der Waals surface area contributed by atoms with Crippen LogP contribution in [0.25, 0.3) is 11.0 Å². The largest absolute Gasteiger partial charge is 0.490 e. The predicted molar refractivity (Wildman–Crippen MR) is 145 cm³/mol. The van der Waals surface area contributed by atoms with Crippen molar-refractivity contribution in [1.82, 2.24) is 0 Å². The van der Waals surface area contributed by atoms with Crippen LogP contribution < -0.4 is 19.8 Å². The fourth-order valence-electron chi connectivity index (χ4n) is 4.64. The Hall–Kier alpha value is -3.77. The van der Waals surface area contributed by atoms with Crippen molar-refractivity contribution in [2.24, 2.45) is 0 Å². The van der Waals surface area contributed by atoms with Crippen LogP contribution in [0.4, 0.5) is 5.69 Å². The summed E-state index contributed by atoms with van der Waals surface area (Å²) in [4.78, 5) is 29.2. The summed E-state index contributed by atoms with van der Waals surface area (Å²) >= 11 is 6.20. The summed E-state index contributed by atoms with van der Waals surface area (Å²) in [5.41, 5.74) is 2.75. The second-order valence-corrected chi connectivity index (χ2v) is 9.51. The lowest BCUT2D eigenvalue weighted by Gasteiger charge is -2.26. The van der Waals surface area contributed by atoms with E-state index in [0.29, 0.717) is 52.0 Å². The van der Waals surface area contributed by atoms with E-state index in [1.165, 1.54) is 0 Å². The van der Waals surface area contributed by atoms with Crippen LogP contribution in [-0.4, -0.2) is 19.1 Å². The van der Waals surface area contributed by atoms with Gasteiger partial charge in [-0.15, -0.1) is 0 Å². The number of hydrogen-bond acceptors (Lipinski definition) is 5. The number of carbonyl (C=O) groups is 1. The smallest absolute Gasteiger partial charge is 0.295 e. The van der Waals surface area contributed by atoms with E-state index in [-0.39, 0.29) is 22.7 Å². The Morgan fingerprint density at radius 1 is 0.946 bits per heavy atom. The Labute approximate surface area is 220 Å². The van der Waals surface area contributed by atoms with Crippen LogP contribution in [0.15, 0.2) is 69.9 Å². The van der Waals surface area contributed by atoms with E-state index >= 15 is 0 Å². The van der Waals surface area contributed by atoms with E-state index in [1.807, 2.05) is 56.3 Å². The number of ether oxygens (including phenoxy) is 2. The summed E-state index contributed by atoms with van der Waals surface area (Å²) in [6, 6.07) is 17.3. The highest BCUT2D eigenvalue weighted by molar-refractivity contribution is 6.31. The average molecular weight is 518 g/mol. The lowest BCUT2D eigenvalue weighted by molar-refractivity contribution is 0.0971. The molecule has 0 radical (unpaired) electrons. The predicted octanol–water partition coefficient (Wildman–Crippen LogP) is 7.08. The van der Waals surface area contributed by atoms with Gasteiger partial charge in [-0.25, -0.2) is 0 Å². The van der Waals surface area contributed by atoms with Crippen molar-refractivity contribution in [3.63, 3.8) is 0 Å². The quantitative estimate of drug-likeness (QED) is 0.233.